The first-order valence-corrected chi connectivity index (χ1v) is 6.24. The maximum absolute atomic E-state index is 11.5. The van der Waals surface area contributed by atoms with Crippen LogP contribution < -0.4 is 15.4 Å². The Bertz CT molecular complexity index is 396. The zero-order valence-corrected chi connectivity index (χ0v) is 11.6. The molecule has 1 aromatic heterocycles. The average molecular weight is 267 g/mol. The first-order chi connectivity index (χ1) is 9.13. The van der Waals surface area contributed by atoms with Crippen LogP contribution >= 0.6 is 0 Å². The summed E-state index contributed by atoms with van der Waals surface area (Å²) in [6.45, 7) is 5.20. The highest BCUT2D eigenvalue weighted by atomic mass is 16.5. The van der Waals surface area contributed by atoms with Crippen LogP contribution in [0.1, 0.15) is 19.4 Å². The molecule has 0 unspecified atom stereocenters. The lowest BCUT2D eigenvalue weighted by Crippen LogP contribution is -2.36. The van der Waals surface area contributed by atoms with E-state index in [0.29, 0.717) is 25.6 Å². The molecule has 6 heteroatoms. The van der Waals surface area contributed by atoms with Crippen LogP contribution in [-0.4, -0.2) is 37.4 Å². The van der Waals surface area contributed by atoms with Gasteiger partial charge in [-0.2, -0.15) is 0 Å². The highest BCUT2D eigenvalue weighted by Gasteiger charge is 2.07. The van der Waals surface area contributed by atoms with Crippen molar-refractivity contribution in [3.63, 3.8) is 0 Å². The number of nitrogens with one attached hydrogen (secondary N) is 2. The lowest BCUT2D eigenvalue weighted by Gasteiger charge is -2.13. The Hall–Kier alpha value is -1.82. The van der Waals surface area contributed by atoms with E-state index in [0.717, 1.165) is 5.56 Å². The SMILES string of the molecule is COCCNC(=O)NCc1cccnc1OC(C)C. The highest BCUT2D eigenvalue weighted by molar-refractivity contribution is 5.73. The molecule has 0 saturated carbocycles. The summed E-state index contributed by atoms with van der Waals surface area (Å²) in [5.41, 5.74) is 0.845. The first-order valence-electron chi connectivity index (χ1n) is 6.24. The van der Waals surface area contributed by atoms with Crippen LogP contribution in [0.5, 0.6) is 5.88 Å². The minimum Gasteiger partial charge on any atom is -0.475 e. The molecule has 0 radical (unpaired) electrons. The highest BCUT2D eigenvalue weighted by Crippen LogP contribution is 2.15. The minimum absolute atomic E-state index is 0.0455. The van der Waals surface area contributed by atoms with Crippen molar-refractivity contribution in [2.24, 2.45) is 0 Å². The van der Waals surface area contributed by atoms with E-state index in [-0.39, 0.29) is 12.1 Å². The van der Waals surface area contributed by atoms with Crippen molar-refractivity contribution >= 4 is 6.03 Å². The first kappa shape index (κ1) is 15.2. The van der Waals surface area contributed by atoms with Crippen molar-refractivity contribution in [1.82, 2.24) is 15.6 Å². The van der Waals surface area contributed by atoms with Gasteiger partial charge in [0.1, 0.15) is 0 Å². The number of nitrogens with zero attached hydrogens (tertiary/aromatic N) is 1. The van der Waals surface area contributed by atoms with Gasteiger partial charge in [0.05, 0.1) is 12.7 Å². The van der Waals surface area contributed by atoms with Crippen molar-refractivity contribution in [2.75, 3.05) is 20.3 Å². The molecule has 0 aliphatic carbocycles. The van der Waals surface area contributed by atoms with E-state index < -0.39 is 0 Å². The zero-order valence-electron chi connectivity index (χ0n) is 11.6. The van der Waals surface area contributed by atoms with Gasteiger partial charge < -0.3 is 20.1 Å². The number of amides is 2. The second kappa shape index (κ2) is 8.31. The number of carbonyl (C=O) groups excluding carboxylic acids is 1. The van der Waals surface area contributed by atoms with Gasteiger partial charge in [-0.1, -0.05) is 6.07 Å². The van der Waals surface area contributed by atoms with Gasteiger partial charge >= 0.3 is 6.03 Å². The second-order valence-electron chi connectivity index (χ2n) is 4.24. The van der Waals surface area contributed by atoms with Crippen molar-refractivity contribution < 1.29 is 14.3 Å². The van der Waals surface area contributed by atoms with Crippen LogP contribution in [-0.2, 0) is 11.3 Å². The molecular formula is C13H21N3O3. The van der Waals surface area contributed by atoms with E-state index in [9.17, 15) is 4.79 Å². The summed E-state index contributed by atoms with van der Waals surface area (Å²) < 4.78 is 10.4. The third kappa shape index (κ3) is 6.05. The Morgan fingerprint density at radius 3 is 2.89 bits per heavy atom. The number of aromatic nitrogens is 1. The summed E-state index contributed by atoms with van der Waals surface area (Å²) in [5.74, 6) is 0.551. The molecule has 0 atom stereocenters. The molecule has 6 nitrogen and oxygen atoms in total. The molecular weight excluding hydrogens is 246 g/mol. The molecule has 2 N–H and O–H groups in total. The van der Waals surface area contributed by atoms with E-state index in [1.165, 1.54) is 0 Å². The molecule has 2 amide bonds. The standard InChI is InChI=1S/C13H21N3O3/c1-10(2)19-12-11(5-4-6-14-12)9-16-13(17)15-7-8-18-3/h4-6,10H,7-9H2,1-3H3,(H2,15,16,17). The van der Waals surface area contributed by atoms with Crippen LogP contribution in [0.3, 0.4) is 0 Å². The fourth-order valence-electron chi connectivity index (χ4n) is 1.39. The number of pyridine rings is 1. The Labute approximate surface area is 113 Å². The summed E-state index contributed by atoms with van der Waals surface area (Å²) in [5, 5.41) is 5.42. The third-order valence-electron chi connectivity index (χ3n) is 2.23. The fourth-order valence-corrected chi connectivity index (χ4v) is 1.39. The van der Waals surface area contributed by atoms with E-state index in [2.05, 4.69) is 15.6 Å². The van der Waals surface area contributed by atoms with Gasteiger partial charge in [-0.05, 0) is 19.9 Å². The van der Waals surface area contributed by atoms with Gasteiger partial charge in [-0.25, -0.2) is 9.78 Å². The predicted octanol–water partition coefficient (Wildman–Crippen LogP) is 1.31. The summed E-state index contributed by atoms with van der Waals surface area (Å²) in [4.78, 5) is 15.6. The van der Waals surface area contributed by atoms with Crippen LogP contribution in [0, 0.1) is 0 Å². The van der Waals surface area contributed by atoms with E-state index in [1.807, 2.05) is 26.0 Å². The molecule has 106 valence electrons. The van der Waals surface area contributed by atoms with Crippen LogP contribution in [0.4, 0.5) is 4.79 Å². The quantitative estimate of drug-likeness (QED) is 0.731. The average Bonchev–Trinajstić information content (AvgIpc) is 2.37. The fraction of sp³-hybridized carbons (Fsp3) is 0.538. The number of methoxy groups -OCH3 is 1. The smallest absolute Gasteiger partial charge is 0.315 e. The molecule has 0 spiro atoms. The Balaban J connectivity index is 2.46. The minimum atomic E-state index is -0.239. The lowest BCUT2D eigenvalue weighted by molar-refractivity contribution is 0.195. The van der Waals surface area contributed by atoms with Gasteiger partial charge in [0.25, 0.3) is 0 Å². The zero-order chi connectivity index (χ0) is 14.1. The molecule has 0 aliphatic heterocycles. The molecule has 1 heterocycles. The van der Waals surface area contributed by atoms with Gasteiger partial charge in [0.2, 0.25) is 5.88 Å². The molecule has 1 rings (SSSR count). The van der Waals surface area contributed by atoms with Crippen molar-refractivity contribution in [2.45, 2.75) is 26.5 Å². The van der Waals surface area contributed by atoms with Crippen molar-refractivity contribution in [3.05, 3.63) is 23.9 Å². The second-order valence-corrected chi connectivity index (χ2v) is 4.24. The maximum atomic E-state index is 11.5. The largest absolute Gasteiger partial charge is 0.475 e. The van der Waals surface area contributed by atoms with Gasteiger partial charge in [-0.3, -0.25) is 0 Å². The van der Waals surface area contributed by atoms with Crippen LogP contribution in [0.15, 0.2) is 18.3 Å². The third-order valence-corrected chi connectivity index (χ3v) is 2.23. The predicted molar refractivity (Wildman–Crippen MR) is 72.1 cm³/mol. The number of rotatable bonds is 7. The molecule has 0 saturated heterocycles. The van der Waals surface area contributed by atoms with Crippen LogP contribution in [0.2, 0.25) is 0 Å². The number of urea groups is 1. The van der Waals surface area contributed by atoms with Crippen molar-refractivity contribution in [1.29, 1.82) is 0 Å². The Morgan fingerprint density at radius 2 is 2.21 bits per heavy atom. The normalized spacial score (nSPS) is 10.3. The monoisotopic (exact) mass is 267 g/mol. The lowest BCUT2D eigenvalue weighted by atomic mass is 10.2. The summed E-state index contributed by atoms with van der Waals surface area (Å²) >= 11 is 0. The van der Waals surface area contributed by atoms with Gasteiger partial charge in [0, 0.05) is 32.0 Å². The molecule has 0 aromatic carbocycles. The molecule has 0 aliphatic rings. The van der Waals surface area contributed by atoms with E-state index >= 15 is 0 Å². The molecule has 0 fully saturated rings. The van der Waals surface area contributed by atoms with Gasteiger partial charge in [-0.15, -0.1) is 0 Å². The Kier molecular flexibility index (Phi) is 6.67. The topological polar surface area (TPSA) is 72.5 Å². The molecule has 0 bridgehead atoms. The summed E-state index contributed by atoms with van der Waals surface area (Å²) in [6.07, 6.45) is 1.71. The van der Waals surface area contributed by atoms with E-state index in [4.69, 9.17) is 9.47 Å². The summed E-state index contributed by atoms with van der Waals surface area (Å²) in [6, 6.07) is 3.45. The molecule has 1 aromatic rings. The van der Waals surface area contributed by atoms with Crippen molar-refractivity contribution in [3.8, 4) is 5.88 Å². The van der Waals surface area contributed by atoms with E-state index in [1.54, 1.807) is 13.3 Å². The van der Waals surface area contributed by atoms with Crippen LogP contribution in [0.25, 0.3) is 0 Å². The number of hydrogen-bond donors (Lipinski definition) is 2. The number of carbonyl (C=O) groups is 1. The maximum Gasteiger partial charge on any atom is 0.315 e. The number of ether oxygens (including phenoxy) is 2. The van der Waals surface area contributed by atoms with Gasteiger partial charge in [0.15, 0.2) is 0 Å². The summed E-state index contributed by atoms with van der Waals surface area (Å²) in [7, 11) is 1.59. The number of hydrogen-bond acceptors (Lipinski definition) is 4. The Morgan fingerprint density at radius 1 is 1.42 bits per heavy atom. The molecule has 19 heavy (non-hydrogen) atoms.